The lowest BCUT2D eigenvalue weighted by atomic mass is 10.1. The minimum atomic E-state index is -4.29. The third-order valence-corrected chi connectivity index (χ3v) is 9.05. The fourth-order valence-corrected chi connectivity index (χ4v) is 5.70. The lowest BCUT2D eigenvalue weighted by Gasteiger charge is -2.24. The Balaban J connectivity index is 4.40. The first-order chi connectivity index (χ1) is 24.6. The molecule has 0 fully saturated rings. The molecule has 9 heteroatoms. The number of phosphoric ester groups is 1. The molecule has 0 aromatic carbocycles. The van der Waals surface area contributed by atoms with Gasteiger partial charge in [-0.05, 0) is 70.6 Å². The third kappa shape index (κ3) is 39.2. The molecule has 2 unspecified atom stereocenters. The predicted octanol–water partition coefficient (Wildman–Crippen LogP) is 11.4. The van der Waals surface area contributed by atoms with Crippen LogP contribution in [0.2, 0.25) is 0 Å². The van der Waals surface area contributed by atoms with Crippen molar-refractivity contribution in [3.8, 4) is 0 Å². The lowest BCUT2D eigenvalue weighted by molar-refractivity contribution is -0.870. The number of nitrogens with zero attached hydrogens (tertiary/aromatic N) is 1. The Labute approximate surface area is 313 Å². The van der Waals surface area contributed by atoms with Gasteiger partial charge in [0.15, 0.2) is 0 Å². The second-order valence-electron chi connectivity index (χ2n) is 14.3. The average molecular weight is 739 g/mol. The van der Waals surface area contributed by atoms with E-state index in [0.29, 0.717) is 24.1 Å². The van der Waals surface area contributed by atoms with Crippen LogP contribution in [0.4, 0.5) is 0 Å². The smallest absolute Gasteiger partial charge is 0.457 e. The highest BCUT2D eigenvalue weighted by Gasteiger charge is 2.26. The molecule has 0 amide bonds. The molecule has 0 saturated heterocycles. The largest absolute Gasteiger partial charge is 0.472 e. The van der Waals surface area contributed by atoms with Gasteiger partial charge in [-0.15, -0.1) is 0 Å². The van der Waals surface area contributed by atoms with Crippen LogP contribution in [0.3, 0.4) is 0 Å². The average Bonchev–Trinajstić information content (AvgIpc) is 3.08. The fourth-order valence-electron chi connectivity index (χ4n) is 4.96. The van der Waals surface area contributed by atoms with Gasteiger partial charge in [0.05, 0.1) is 34.4 Å². The number of esters is 1. The highest BCUT2D eigenvalue weighted by molar-refractivity contribution is 7.47. The summed E-state index contributed by atoms with van der Waals surface area (Å²) >= 11 is 0. The number of unbranched alkanes of at least 4 members (excludes halogenated alkanes) is 12. The Morgan fingerprint density at radius 3 is 1.73 bits per heavy atom. The van der Waals surface area contributed by atoms with Gasteiger partial charge in [-0.25, -0.2) is 4.57 Å². The van der Waals surface area contributed by atoms with Crippen molar-refractivity contribution in [2.75, 3.05) is 54.1 Å². The van der Waals surface area contributed by atoms with Gasteiger partial charge in [0.1, 0.15) is 19.3 Å². The molecular weight excluding hydrogens is 661 g/mol. The zero-order chi connectivity index (χ0) is 37.7. The van der Waals surface area contributed by atoms with Crippen LogP contribution in [-0.4, -0.2) is 75.6 Å². The van der Waals surface area contributed by atoms with Crippen molar-refractivity contribution >= 4 is 13.8 Å². The molecule has 0 radical (unpaired) electrons. The molecular formula is C42H77NO7P+. The van der Waals surface area contributed by atoms with Gasteiger partial charge in [0.2, 0.25) is 0 Å². The van der Waals surface area contributed by atoms with Crippen molar-refractivity contribution in [3.63, 3.8) is 0 Å². The van der Waals surface area contributed by atoms with E-state index in [9.17, 15) is 14.3 Å². The zero-order valence-electron chi connectivity index (χ0n) is 33.3. The second kappa shape index (κ2) is 35.2. The van der Waals surface area contributed by atoms with E-state index in [4.69, 9.17) is 18.5 Å². The summed E-state index contributed by atoms with van der Waals surface area (Å²) in [5.41, 5.74) is 0. The SMILES string of the molecule is CC/C=C\C/C=C\C/C=C\C/C=C\CCCOCC(COP(=O)(O)OCC[N+](C)(C)C)OC(=O)CCCCCCC/C=C\CCCCCCCC. The Bertz CT molecular complexity index is 1000. The standard InChI is InChI=1S/C42H76NO7P/c1-6-8-10-12-14-16-18-20-22-23-25-27-29-31-33-35-42(44)50-41(40-49-51(45,46)48-38-36-43(3,4)5)39-47-37-34-32-30-28-26-24-21-19-17-15-13-11-9-7-2/h9,11,15,17,20-22,24,28,30,41H,6-8,10,12-14,16,18-19,23,25-27,29,31-40H2,1-5H3/p+1/b11-9-,17-15-,22-20-,24-21-,30-28-. The molecule has 0 aromatic rings. The number of allylic oxidation sites excluding steroid dienone is 10. The summed E-state index contributed by atoms with van der Waals surface area (Å²) in [7, 11) is 1.62. The van der Waals surface area contributed by atoms with Crippen LogP contribution < -0.4 is 0 Å². The molecule has 0 bridgehead atoms. The van der Waals surface area contributed by atoms with Crippen LogP contribution in [-0.2, 0) is 27.9 Å². The molecule has 51 heavy (non-hydrogen) atoms. The summed E-state index contributed by atoms with van der Waals surface area (Å²) in [6.07, 6.45) is 42.6. The normalized spacial score (nSPS) is 14.5. The Morgan fingerprint density at radius 1 is 0.627 bits per heavy atom. The number of likely N-dealkylation sites (N-methyl/N-ethyl adjacent to an activating group) is 1. The van der Waals surface area contributed by atoms with E-state index in [-0.39, 0.29) is 25.8 Å². The second-order valence-corrected chi connectivity index (χ2v) is 15.7. The summed E-state index contributed by atoms with van der Waals surface area (Å²) < 4.78 is 34.8. The minimum Gasteiger partial charge on any atom is -0.457 e. The quantitative estimate of drug-likeness (QED) is 0.0225. The number of carbonyl (C=O) groups excluding carboxylic acids is 1. The number of quaternary nitrogens is 1. The van der Waals surface area contributed by atoms with Crippen molar-refractivity contribution in [3.05, 3.63) is 60.8 Å². The fraction of sp³-hybridized carbons (Fsp3) is 0.738. The summed E-state index contributed by atoms with van der Waals surface area (Å²) in [4.78, 5) is 22.8. The lowest BCUT2D eigenvalue weighted by Crippen LogP contribution is -2.37. The van der Waals surface area contributed by atoms with E-state index in [1.165, 1.54) is 51.4 Å². The molecule has 0 aliphatic heterocycles. The van der Waals surface area contributed by atoms with Gasteiger partial charge in [0, 0.05) is 13.0 Å². The summed E-state index contributed by atoms with van der Waals surface area (Å²) in [5, 5.41) is 0. The van der Waals surface area contributed by atoms with E-state index in [2.05, 4.69) is 74.6 Å². The van der Waals surface area contributed by atoms with Gasteiger partial charge < -0.3 is 18.9 Å². The maximum Gasteiger partial charge on any atom is 0.472 e. The molecule has 0 spiro atoms. The van der Waals surface area contributed by atoms with E-state index < -0.39 is 13.9 Å². The van der Waals surface area contributed by atoms with Crippen molar-refractivity contribution < 1.29 is 37.3 Å². The predicted molar refractivity (Wildman–Crippen MR) is 215 cm³/mol. The van der Waals surface area contributed by atoms with Crippen LogP contribution >= 0.6 is 7.82 Å². The molecule has 8 nitrogen and oxygen atoms in total. The van der Waals surface area contributed by atoms with Gasteiger partial charge in [-0.1, -0.05) is 126 Å². The molecule has 0 aliphatic carbocycles. The number of phosphoric acid groups is 1. The van der Waals surface area contributed by atoms with Gasteiger partial charge in [-0.3, -0.25) is 13.8 Å². The number of carbonyl (C=O) groups is 1. The van der Waals surface area contributed by atoms with Gasteiger partial charge in [0.25, 0.3) is 0 Å². The Hall–Kier alpha value is -1.80. The molecule has 0 saturated carbocycles. The van der Waals surface area contributed by atoms with Gasteiger partial charge >= 0.3 is 13.8 Å². The van der Waals surface area contributed by atoms with Crippen molar-refractivity contribution in [1.82, 2.24) is 0 Å². The minimum absolute atomic E-state index is 0.0744. The topological polar surface area (TPSA) is 91.3 Å². The van der Waals surface area contributed by atoms with Crippen LogP contribution in [0.15, 0.2) is 60.8 Å². The van der Waals surface area contributed by atoms with Crippen LogP contribution in [0, 0.1) is 0 Å². The maximum atomic E-state index is 12.6. The molecule has 296 valence electrons. The molecule has 0 aromatic heterocycles. The summed E-state index contributed by atoms with van der Waals surface area (Å²) in [6, 6.07) is 0. The van der Waals surface area contributed by atoms with Crippen LogP contribution in [0.25, 0.3) is 0 Å². The maximum absolute atomic E-state index is 12.6. The summed E-state index contributed by atoms with van der Waals surface area (Å²) in [6.45, 7) is 5.32. The number of rotatable bonds is 36. The highest BCUT2D eigenvalue weighted by Crippen LogP contribution is 2.43. The van der Waals surface area contributed by atoms with E-state index in [1.807, 2.05) is 21.1 Å². The van der Waals surface area contributed by atoms with E-state index in [0.717, 1.165) is 70.6 Å². The first-order valence-electron chi connectivity index (χ1n) is 20.0. The molecule has 1 N–H and O–H groups in total. The van der Waals surface area contributed by atoms with Crippen molar-refractivity contribution in [1.29, 1.82) is 0 Å². The van der Waals surface area contributed by atoms with Gasteiger partial charge in [-0.2, -0.15) is 0 Å². The Kier molecular flexibility index (Phi) is 34.0. The molecule has 0 aliphatic rings. The molecule has 0 heterocycles. The van der Waals surface area contributed by atoms with Crippen molar-refractivity contribution in [2.24, 2.45) is 0 Å². The third-order valence-electron chi connectivity index (χ3n) is 8.06. The molecule has 0 rings (SSSR count). The van der Waals surface area contributed by atoms with Crippen LogP contribution in [0.1, 0.15) is 142 Å². The monoisotopic (exact) mass is 739 g/mol. The Morgan fingerprint density at radius 2 is 1.14 bits per heavy atom. The summed E-state index contributed by atoms with van der Waals surface area (Å²) in [5.74, 6) is -0.344. The highest BCUT2D eigenvalue weighted by atomic mass is 31.2. The van der Waals surface area contributed by atoms with E-state index >= 15 is 0 Å². The number of ether oxygens (including phenoxy) is 2. The number of hydrogen-bond donors (Lipinski definition) is 1. The van der Waals surface area contributed by atoms with Crippen molar-refractivity contribution in [2.45, 2.75) is 148 Å². The first kappa shape index (κ1) is 49.2. The molecule has 2 atom stereocenters. The number of hydrogen-bond acceptors (Lipinski definition) is 6. The van der Waals surface area contributed by atoms with E-state index in [1.54, 1.807) is 0 Å². The zero-order valence-corrected chi connectivity index (χ0v) is 34.2. The van der Waals surface area contributed by atoms with Crippen LogP contribution in [0.5, 0.6) is 0 Å². The first-order valence-corrected chi connectivity index (χ1v) is 21.5.